The maximum absolute atomic E-state index is 12.8. The zero-order valence-corrected chi connectivity index (χ0v) is 14.8. The molecule has 1 unspecified atom stereocenters. The van der Waals surface area contributed by atoms with Gasteiger partial charge in [0.15, 0.2) is 0 Å². The summed E-state index contributed by atoms with van der Waals surface area (Å²) in [6.07, 6.45) is 0. The van der Waals surface area contributed by atoms with Crippen molar-refractivity contribution in [3.8, 4) is 0 Å². The fraction of sp³-hybridized carbons (Fsp3) is 0.263. The number of aromatic amines is 1. The monoisotopic (exact) mass is 352 g/mol. The van der Waals surface area contributed by atoms with E-state index in [0.29, 0.717) is 17.0 Å². The van der Waals surface area contributed by atoms with Gasteiger partial charge in [-0.2, -0.15) is 0 Å². The Hall–Kier alpha value is -3.22. The molecule has 1 aromatic heterocycles. The SMILES string of the molecule is Cc1c(C(=O)NC(c2nc3ccccc3[nH]2)C(C)C)cccc1[N+](=O)[O-]. The Bertz CT molecular complexity index is 945. The van der Waals surface area contributed by atoms with Crippen molar-refractivity contribution in [3.63, 3.8) is 0 Å². The summed E-state index contributed by atoms with van der Waals surface area (Å²) in [5, 5.41) is 14.1. The number of hydrogen-bond acceptors (Lipinski definition) is 4. The minimum atomic E-state index is -0.481. The van der Waals surface area contributed by atoms with Crippen LogP contribution in [0.3, 0.4) is 0 Å². The molecule has 2 N–H and O–H groups in total. The Balaban J connectivity index is 1.92. The Kier molecular flexibility index (Phi) is 4.71. The molecule has 0 bridgehead atoms. The average Bonchev–Trinajstić information content (AvgIpc) is 3.02. The number of H-pyrrole nitrogens is 1. The number of hydrogen-bond donors (Lipinski definition) is 2. The van der Waals surface area contributed by atoms with Crippen LogP contribution in [0.5, 0.6) is 0 Å². The van der Waals surface area contributed by atoms with Crippen LogP contribution in [0.1, 0.15) is 41.6 Å². The van der Waals surface area contributed by atoms with Gasteiger partial charge in [-0.3, -0.25) is 14.9 Å². The lowest BCUT2D eigenvalue weighted by atomic mass is 10.0. The van der Waals surface area contributed by atoms with Crippen molar-refractivity contribution in [2.45, 2.75) is 26.8 Å². The molecule has 3 rings (SSSR count). The van der Waals surface area contributed by atoms with Gasteiger partial charge >= 0.3 is 0 Å². The van der Waals surface area contributed by atoms with Crippen LogP contribution < -0.4 is 5.32 Å². The fourth-order valence-corrected chi connectivity index (χ4v) is 2.96. The van der Waals surface area contributed by atoms with E-state index in [1.165, 1.54) is 12.1 Å². The highest BCUT2D eigenvalue weighted by molar-refractivity contribution is 5.96. The van der Waals surface area contributed by atoms with Gasteiger partial charge in [0.1, 0.15) is 5.82 Å². The standard InChI is InChI=1S/C19H20N4O3/c1-11(2)17(18-20-14-8-4-5-9-15(14)21-18)22-19(24)13-7-6-10-16(12(13)3)23(25)26/h4-11,17H,1-3H3,(H,20,21)(H,22,24). The Morgan fingerprint density at radius 3 is 2.58 bits per heavy atom. The molecule has 1 heterocycles. The van der Waals surface area contributed by atoms with E-state index in [1.807, 2.05) is 38.1 Å². The van der Waals surface area contributed by atoms with Gasteiger partial charge < -0.3 is 10.3 Å². The van der Waals surface area contributed by atoms with Gasteiger partial charge in [-0.1, -0.05) is 32.0 Å². The lowest BCUT2D eigenvalue weighted by molar-refractivity contribution is -0.385. The highest BCUT2D eigenvalue weighted by Crippen LogP contribution is 2.25. The third kappa shape index (κ3) is 3.28. The van der Waals surface area contributed by atoms with Gasteiger partial charge in [-0.05, 0) is 31.0 Å². The maximum atomic E-state index is 12.8. The third-order valence-corrected chi connectivity index (χ3v) is 4.40. The summed E-state index contributed by atoms with van der Waals surface area (Å²) in [6, 6.07) is 11.8. The summed E-state index contributed by atoms with van der Waals surface area (Å²) in [5.74, 6) is 0.390. The number of amides is 1. The first-order valence-corrected chi connectivity index (χ1v) is 8.38. The summed E-state index contributed by atoms with van der Waals surface area (Å²) in [6.45, 7) is 5.55. The molecule has 0 spiro atoms. The number of benzene rings is 2. The maximum Gasteiger partial charge on any atom is 0.273 e. The lowest BCUT2D eigenvalue weighted by Crippen LogP contribution is -2.33. The second-order valence-electron chi connectivity index (χ2n) is 6.54. The van der Waals surface area contributed by atoms with E-state index in [0.717, 1.165) is 11.0 Å². The van der Waals surface area contributed by atoms with E-state index < -0.39 is 4.92 Å². The molecule has 26 heavy (non-hydrogen) atoms. The summed E-state index contributed by atoms with van der Waals surface area (Å²) in [5.41, 5.74) is 2.30. The van der Waals surface area contributed by atoms with E-state index in [4.69, 9.17) is 0 Å². The average molecular weight is 352 g/mol. The number of imidazole rings is 1. The molecular weight excluding hydrogens is 332 g/mol. The molecule has 7 nitrogen and oxygen atoms in total. The number of nitrogens with zero attached hydrogens (tertiary/aromatic N) is 2. The number of nitrogens with one attached hydrogen (secondary N) is 2. The normalized spacial score (nSPS) is 12.3. The number of carbonyl (C=O) groups is 1. The van der Waals surface area contributed by atoms with Gasteiger partial charge in [-0.25, -0.2) is 4.98 Å². The van der Waals surface area contributed by atoms with Gasteiger partial charge in [0.25, 0.3) is 11.6 Å². The van der Waals surface area contributed by atoms with E-state index in [-0.39, 0.29) is 23.6 Å². The van der Waals surface area contributed by atoms with Gasteiger partial charge in [-0.15, -0.1) is 0 Å². The molecule has 1 amide bonds. The van der Waals surface area contributed by atoms with Crippen molar-refractivity contribution in [2.24, 2.45) is 5.92 Å². The fourth-order valence-electron chi connectivity index (χ4n) is 2.96. The van der Waals surface area contributed by atoms with E-state index in [1.54, 1.807) is 13.0 Å². The minimum Gasteiger partial charge on any atom is -0.342 e. The number of nitro benzene ring substituents is 1. The van der Waals surface area contributed by atoms with Crippen LogP contribution in [0.25, 0.3) is 11.0 Å². The van der Waals surface area contributed by atoms with Gasteiger partial charge in [0, 0.05) is 17.2 Å². The molecular formula is C19H20N4O3. The number of rotatable bonds is 5. The number of para-hydroxylation sites is 2. The van der Waals surface area contributed by atoms with Gasteiger partial charge in [0.2, 0.25) is 0 Å². The Morgan fingerprint density at radius 1 is 1.19 bits per heavy atom. The van der Waals surface area contributed by atoms with Crippen LogP contribution in [0.4, 0.5) is 5.69 Å². The third-order valence-electron chi connectivity index (χ3n) is 4.40. The van der Waals surface area contributed by atoms with Crippen molar-refractivity contribution < 1.29 is 9.72 Å². The highest BCUT2D eigenvalue weighted by atomic mass is 16.6. The first-order valence-electron chi connectivity index (χ1n) is 8.38. The van der Waals surface area contributed by atoms with Crippen LogP contribution in [0, 0.1) is 23.0 Å². The molecule has 0 aliphatic carbocycles. The van der Waals surface area contributed by atoms with E-state index in [2.05, 4.69) is 15.3 Å². The molecule has 0 aliphatic rings. The smallest absolute Gasteiger partial charge is 0.273 e. The molecule has 0 radical (unpaired) electrons. The van der Waals surface area contributed by atoms with Crippen LogP contribution in [0.15, 0.2) is 42.5 Å². The molecule has 134 valence electrons. The predicted molar refractivity (Wildman–Crippen MR) is 99.0 cm³/mol. The number of fused-ring (bicyclic) bond motifs is 1. The summed E-state index contributed by atoms with van der Waals surface area (Å²) in [4.78, 5) is 31.2. The number of nitro groups is 1. The quantitative estimate of drug-likeness (QED) is 0.537. The molecule has 2 aromatic carbocycles. The Morgan fingerprint density at radius 2 is 1.92 bits per heavy atom. The zero-order valence-electron chi connectivity index (χ0n) is 14.8. The summed E-state index contributed by atoms with van der Waals surface area (Å²) in [7, 11) is 0. The molecule has 0 aliphatic heterocycles. The molecule has 0 saturated carbocycles. The van der Waals surface area contributed by atoms with E-state index in [9.17, 15) is 14.9 Å². The second kappa shape index (κ2) is 6.95. The van der Waals surface area contributed by atoms with Crippen molar-refractivity contribution in [1.82, 2.24) is 15.3 Å². The van der Waals surface area contributed by atoms with Crippen LogP contribution in [-0.2, 0) is 0 Å². The lowest BCUT2D eigenvalue weighted by Gasteiger charge is -2.21. The van der Waals surface area contributed by atoms with Crippen LogP contribution in [0.2, 0.25) is 0 Å². The Labute approximate surface area is 150 Å². The number of aromatic nitrogens is 2. The van der Waals surface area contributed by atoms with E-state index >= 15 is 0 Å². The van der Waals surface area contributed by atoms with Crippen LogP contribution in [-0.4, -0.2) is 20.8 Å². The topological polar surface area (TPSA) is 101 Å². The van der Waals surface area contributed by atoms with Crippen molar-refractivity contribution in [3.05, 3.63) is 69.5 Å². The molecule has 3 aromatic rings. The number of carbonyl (C=O) groups excluding carboxylic acids is 1. The van der Waals surface area contributed by atoms with Gasteiger partial charge in [0.05, 0.1) is 22.0 Å². The van der Waals surface area contributed by atoms with Crippen molar-refractivity contribution in [2.75, 3.05) is 0 Å². The molecule has 7 heteroatoms. The predicted octanol–water partition coefficient (Wildman–Crippen LogP) is 3.91. The van der Waals surface area contributed by atoms with Crippen molar-refractivity contribution >= 4 is 22.6 Å². The molecule has 1 atom stereocenters. The summed E-state index contributed by atoms with van der Waals surface area (Å²) < 4.78 is 0. The highest BCUT2D eigenvalue weighted by Gasteiger charge is 2.25. The summed E-state index contributed by atoms with van der Waals surface area (Å²) >= 11 is 0. The molecule has 0 fully saturated rings. The van der Waals surface area contributed by atoms with Crippen LogP contribution >= 0.6 is 0 Å². The molecule has 0 saturated heterocycles. The van der Waals surface area contributed by atoms with Crippen molar-refractivity contribution in [1.29, 1.82) is 0 Å². The zero-order chi connectivity index (χ0) is 18.8. The minimum absolute atomic E-state index is 0.0671. The first-order chi connectivity index (χ1) is 12.4. The first kappa shape index (κ1) is 17.6. The largest absolute Gasteiger partial charge is 0.342 e. The second-order valence-corrected chi connectivity index (χ2v) is 6.54.